The van der Waals surface area contributed by atoms with Crippen molar-refractivity contribution >= 4 is 32.4 Å². The molecule has 0 bridgehead atoms. The predicted octanol–water partition coefficient (Wildman–Crippen LogP) is 3.32. The lowest BCUT2D eigenvalue weighted by Crippen LogP contribution is -2.49. The van der Waals surface area contributed by atoms with Gasteiger partial charge in [0.25, 0.3) is 0 Å². The summed E-state index contributed by atoms with van der Waals surface area (Å²) >= 11 is 0. The summed E-state index contributed by atoms with van der Waals surface area (Å²) in [6.07, 6.45) is 0. The summed E-state index contributed by atoms with van der Waals surface area (Å²) in [5.41, 5.74) is 4.79. The molecule has 0 saturated carbocycles. The molecular weight excluding hydrogens is 410 g/mol. The highest BCUT2D eigenvalue weighted by atomic mass is 32.2. The molecule has 4 aromatic rings. The summed E-state index contributed by atoms with van der Waals surface area (Å²) in [7, 11) is -3.51. The number of fused-ring (bicyclic) bond motifs is 3. The van der Waals surface area contributed by atoms with Crippen molar-refractivity contribution in [3.05, 3.63) is 65.4 Å². The van der Waals surface area contributed by atoms with Gasteiger partial charge in [-0.1, -0.05) is 18.2 Å². The maximum absolute atomic E-state index is 13.2. The van der Waals surface area contributed by atoms with Crippen molar-refractivity contribution in [2.75, 3.05) is 31.1 Å². The molecule has 2 aromatic carbocycles. The molecule has 2 aromatic heterocycles. The van der Waals surface area contributed by atoms with Crippen LogP contribution >= 0.6 is 0 Å². The molecule has 0 spiro atoms. The van der Waals surface area contributed by atoms with Crippen LogP contribution in [0.5, 0.6) is 0 Å². The van der Waals surface area contributed by atoms with Crippen molar-refractivity contribution in [2.45, 2.75) is 25.7 Å². The molecule has 0 aliphatic carbocycles. The van der Waals surface area contributed by atoms with Gasteiger partial charge in [-0.15, -0.1) is 0 Å². The molecule has 0 unspecified atom stereocenters. The van der Waals surface area contributed by atoms with Crippen molar-refractivity contribution in [1.82, 2.24) is 18.9 Å². The van der Waals surface area contributed by atoms with Crippen LogP contribution in [0.1, 0.15) is 16.8 Å². The first-order chi connectivity index (χ1) is 14.8. The highest BCUT2D eigenvalue weighted by Gasteiger charge is 2.30. The van der Waals surface area contributed by atoms with Gasteiger partial charge in [-0.05, 0) is 56.2 Å². The molecule has 0 atom stereocenters. The molecule has 8 heteroatoms. The molecule has 1 aliphatic heterocycles. The van der Waals surface area contributed by atoms with Gasteiger partial charge in [-0.3, -0.25) is 0 Å². The van der Waals surface area contributed by atoms with Crippen LogP contribution in [-0.2, 0) is 10.0 Å². The van der Waals surface area contributed by atoms with E-state index < -0.39 is 10.0 Å². The Kier molecular flexibility index (Phi) is 4.71. The summed E-state index contributed by atoms with van der Waals surface area (Å²) in [6.45, 7) is 7.91. The van der Waals surface area contributed by atoms with E-state index in [-0.39, 0.29) is 0 Å². The third-order valence-electron chi connectivity index (χ3n) is 6.06. The number of aryl methyl sites for hydroxylation is 3. The fourth-order valence-corrected chi connectivity index (χ4v) is 5.67. The summed E-state index contributed by atoms with van der Waals surface area (Å²) in [5, 5.41) is 5.58. The Labute approximate surface area is 182 Å². The molecule has 1 aliphatic rings. The minimum Gasteiger partial charge on any atom is -0.353 e. The number of sulfonamides is 1. The standard InChI is InChI=1S/C23H25N5O2S/c1-16-8-9-19(14-17(16)2)31(29,30)27-12-10-26(11-13-27)23-20-6-4-5-7-21(20)28-22(24-23)15-18(3)25-28/h4-9,14-15H,10-13H2,1-3H3. The van der Waals surface area contributed by atoms with Crippen LogP contribution < -0.4 is 4.90 Å². The van der Waals surface area contributed by atoms with E-state index in [9.17, 15) is 8.42 Å². The first-order valence-corrected chi connectivity index (χ1v) is 11.9. The first kappa shape index (κ1) is 20.0. The summed E-state index contributed by atoms with van der Waals surface area (Å²) in [6, 6.07) is 15.4. The molecule has 1 saturated heterocycles. The highest BCUT2D eigenvalue weighted by molar-refractivity contribution is 7.89. The lowest BCUT2D eigenvalue weighted by Gasteiger charge is -2.35. The molecule has 5 rings (SSSR count). The van der Waals surface area contributed by atoms with Crippen LogP contribution in [0.25, 0.3) is 16.6 Å². The number of piperazine rings is 1. The van der Waals surface area contributed by atoms with Crippen LogP contribution in [0.15, 0.2) is 53.4 Å². The largest absolute Gasteiger partial charge is 0.353 e. The van der Waals surface area contributed by atoms with Gasteiger partial charge in [-0.25, -0.2) is 17.9 Å². The molecule has 0 amide bonds. The summed E-state index contributed by atoms with van der Waals surface area (Å²) in [4.78, 5) is 7.42. The molecular formula is C23H25N5O2S. The zero-order chi connectivity index (χ0) is 21.8. The Balaban J connectivity index is 1.45. The number of para-hydroxylation sites is 1. The normalized spacial score (nSPS) is 15.8. The monoisotopic (exact) mass is 435 g/mol. The van der Waals surface area contributed by atoms with E-state index >= 15 is 0 Å². The van der Waals surface area contributed by atoms with Gasteiger partial charge in [0.2, 0.25) is 10.0 Å². The molecule has 0 radical (unpaired) electrons. The molecule has 0 N–H and O–H groups in total. The van der Waals surface area contributed by atoms with Gasteiger partial charge in [0.1, 0.15) is 5.82 Å². The second-order valence-corrected chi connectivity index (χ2v) is 10.1. The van der Waals surface area contributed by atoms with Crippen LogP contribution in [0.4, 0.5) is 5.82 Å². The maximum atomic E-state index is 13.2. The van der Waals surface area contributed by atoms with E-state index in [1.165, 1.54) is 0 Å². The minimum atomic E-state index is -3.51. The fraction of sp³-hybridized carbons (Fsp3) is 0.304. The van der Waals surface area contributed by atoms with Gasteiger partial charge in [0, 0.05) is 37.6 Å². The Morgan fingerprint density at radius 3 is 2.35 bits per heavy atom. The minimum absolute atomic E-state index is 0.365. The quantitative estimate of drug-likeness (QED) is 0.494. The molecule has 160 valence electrons. The third-order valence-corrected chi connectivity index (χ3v) is 7.96. The molecule has 3 heterocycles. The topological polar surface area (TPSA) is 70.8 Å². The fourth-order valence-electron chi connectivity index (χ4n) is 4.16. The Morgan fingerprint density at radius 1 is 0.871 bits per heavy atom. The number of rotatable bonds is 3. The average Bonchev–Trinajstić information content (AvgIpc) is 3.15. The van der Waals surface area contributed by atoms with E-state index in [4.69, 9.17) is 4.98 Å². The predicted molar refractivity (Wildman–Crippen MR) is 122 cm³/mol. The van der Waals surface area contributed by atoms with Crippen LogP contribution in [0, 0.1) is 20.8 Å². The number of hydrogen-bond acceptors (Lipinski definition) is 5. The summed E-state index contributed by atoms with van der Waals surface area (Å²) in [5.74, 6) is 0.881. The van der Waals surface area contributed by atoms with E-state index in [2.05, 4.69) is 10.00 Å². The van der Waals surface area contributed by atoms with Crippen molar-refractivity contribution < 1.29 is 8.42 Å². The molecule has 1 fully saturated rings. The Morgan fingerprint density at radius 2 is 1.61 bits per heavy atom. The Hall–Kier alpha value is -2.97. The second kappa shape index (κ2) is 7.32. The van der Waals surface area contributed by atoms with Crippen molar-refractivity contribution in [3.63, 3.8) is 0 Å². The second-order valence-electron chi connectivity index (χ2n) is 8.15. The average molecular weight is 436 g/mol. The van der Waals surface area contributed by atoms with E-state index in [1.807, 2.05) is 61.7 Å². The van der Waals surface area contributed by atoms with Crippen LogP contribution in [0.3, 0.4) is 0 Å². The summed E-state index contributed by atoms with van der Waals surface area (Å²) < 4.78 is 29.8. The lowest BCUT2D eigenvalue weighted by molar-refractivity contribution is 0.384. The van der Waals surface area contributed by atoms with Crippen LogP contribution in [-0.4, -0.2) is 53.5 Å². The molecule has 31 heavy (non-hydrogen) atoms. The van der Waals surface area contributed by atoms with E-state index in [0.717, 1.165) is 39.2 Å². The maximum Gasteiger partial charge on any atom is 0.243 e. The van der Waals surface area contributed by atoms with Gasteiger partial charge in [0.05, 0.1) is 16.1 Å². The number of nitrogens with zero attached hydrogens (tertiary/aromatic N) is 5. The van der Waals surface area contributed by atoms with E-state index in [1.54, 1.807) is 16.4 Å². The number of aromatic nitrogens is 3. The lowest BCUT2D eigenvalue weighted by atomic mass is 10.1. The van der Waals surface area contributed by atoms with Crippen molar-refractivity contribution in [1.29, 1.82) is 0 Å². The van der Waals surface area contributed by atoms with E-state index in [0.29, 0.717) is 31.1 Å². The third kappa shape index (κ3) is 3.36. The van der Waals surface area contributed by atoms with Gasteiger partial charge in [-0.2, -0.15) is 9.40 Å². The van der Waals surface area contributed by atoms with Crippen molar-refractivity contribution in [2.24, 2.45) is 0 Å². The molecule has 7 nitrogen and oxygen atoms in total. The van der Waals surface area contributed by atoms with Gasteiger partial charge >= 0.3 is 0 Å². The smallest absolute Gasteiger partial charge is 0.243 e. The first-order valence-electron chi connectivity index (χ1n) is 10.4. The van der Waals surface area contributed by atoms with Crippen molar-refractivity contribution in [3.8, 4) is 0 Å². The van der Waals surface area contributed by atoms with Gasteiger partial charge < -0.3 is 4.90 Å². The zero-order valence-corrected chi connectivity index (χ0v) is 18.7. The van der Waals surface area contributed by atoms with Crippen LogP contribution in [0.2, 0.25) is 0 Å². The number of anilines is 1. The SMILES string of the molecule is Cc1cc2nc(N3CCN(S(=O)(=O)c4ccc(C)c(C)c4)CC3)c3ccccc3n2n1. The Bertz CT molecular complexity index is 1400. The highest BCUT2D eigenvalue weighted by Crippen LogP contribution is 2.28. The zero-order valence-electron chi connectivity index (χ0n) is 17.9. The van der Waals surface area contributed by atoms with Gasteiger partial charge in [0.15, 0.2) is 5.65 Å². The number of benzene rings is 2. The number of hydrogen-bond donors (Lipinski definition) is 0.